The van der Waals surface area contributed by atoms with Gasteiger partial charge in [-0.2, -0.15) is 0 Å². The number of amides is 2. The Morgan fingerprint density at radius 1 is 1.06 bits per heavy atom. The third-order valence-corrected chi connectivity index (χ3v) is 5.93. The molecule has 0 saturated heterocycles. The van der Waals surface area contributed by atoms with Crippen LogP contribution in [0, 0.1) is 5.82 Å². The van der Waals surface area contributed by atoms with Gasteiger partial charge in [-0.05, 0) is 68.0 Å². The number of carbonyl (C=O) groups excluding carboxylic acids is 1. The summed E-state index contributed by atoms with van der Waals surface area (Å²) >= 11 is 7.35. The number of anilines is 3. The molecule has 0 aliphatic rings. The van der Waals surface area contributed by atoms with Crippen LogP contribution in [0.3, 0.4) is 0 Å². The smallest absolute Gasteiger partial charge is 0.323 e. The molecule has 0 bridgehead atoms. The number of fused-ring (bicyclic) bond motifs is 1. The number of likely N-dealkylation sites (N-methyl/N-ethyl adjacent to an activating group) is 1. The Kier molecular flexibility index (Phi) is 7.02. The molecule has 0 spiro atoms. The lowest BCUT2D eigenvalue weighted by Crippen LogP contribution is -2.21. The van der Waals surface area contributed by atoms with Crippen molar-refractivity contribution in [2.75, 3.05) is 43.1 Å². The number of rotatable bonds is 7. The second kappa shape index (κ2) is 10.1. The average Bonchev–Trinajstić information content (AvgIpc) is 3.25. The van der Waals surface area contributed by atoms with Gasteiger partial charge in [0, 0.05) is 30.0 Å². The molecule has 2 aromatic carbocycles. The molecule has 2 amide bonds. The fraction of sp³-hybridized carbons (Fsp3) is 0.174. The minimum absolute atomic E-state index is 0.0599. The summed E-state index contributed by atoms with van der Waals surface area (Å²) < 4.78 is 14.3. The second-order valence-corrected chi connectivity index (χ2v) is 8.87. The van der Waals surface area contributed by atoms with Crippen LogP contribution in [-0.4, -0.2) is 48.1 Å². The summed E-state index contributed by atoms with van der Waals surface area (Å²) in [6.07, 6.45) is 0. The van der Waals surface area contributed by atoms with Crippen molar-refractivity contribution in [2.24, 2.45) is 0 Å². The van der Waals surface area contributed by atoms with E-state index in [-0.39, 0.29) is 5.02 Å². The van der Waals surface area contributed by atoms with Crippen molar-refractivity contribution in [1.29, 1.82) is 0 Å². The second-order valence-electron chi connectivity index (χ2n) is 7.55. The van der Waals surface area contributed by atoms with Gasteiger partial charge in [0.25, 0.3) is 0 Å². The topological polar surface area (TPSA) is 82.2 Å². The number of nitrogens with one attached hydrogen (secondary N) is 3. The molecule has 2 aromatic heterocycles. The highest BCUT2D eigenvalue weighted by Crippen LogP contribution is 2.29. The fourth-order valence-corrected chi connectivity index (χ4v) is 4.06. The number of hydrogen-bond donors (Lipinski definition) is 3. The molecule has 4 aromatic rings. The lowest BCUT2D eigenvalue weighted by molar-refractivity contribution is 0.262. The van der Waals surface area contributed by atoms with Gasteiger partial charge >= 0.3 is 6.03 Å². The lowest BCUT2D eigenvalue weighted by atomic mass is 10.2. The first-order chi connectivity index (χ1) is 15.9. The van der Waals surface area contributed by atoms with Gasteiger partial charge in [0.05, 0.1) is 15.2 Å². The summed E-state index contributed by atoms with van der Waals surface area (Å²) in [6.45, 7) is 1.66. The predicted molar refractivity (Wildman–Crippen MR) is 134 cm³/mol. The number of nitrogens with zero attached hydrogens (tertiary/aromatic N) is 3. The maximum Gasteiger partial charge on any atom is 0.323 e. The molecule has 3 N–H and O–H groups in total. The zero-order chi connectivity index (χ0) is 23.4. The Bertz CT molecular complexity index is 1280. The van der Waals surface area contributed by atoms with Crippen LogP contribution in [0.5, 0.6) is 0 Å². The third-order valence-electron chi connectivity index (χ3n) is 4.73. The van der Waals surface area contributed by atoms with E-state index < -0.39 is 11.8 Å². The van der Waals surface area contributed by atoms with E-state index in [2.05, 4.69) is 25.8 Å². The Hall–Kier alpha value is -3.27. The molecule has 0 aliphatic heterocycles. The van der Waals surface area contributed by atoms with E-state index in [1.54, 1.807) is 23.5 Å². The summed E-state index contributed by atoms with van der Waals surface area (Å²) in [5.41, 5.74) is 2.69. The molecule has 0 atom stereocenters. The van der Waals surface area contributed by atoms with Crippen LogP contribution >= 0.6 is 22.9 Å². The Balaban J connectivity index is 1.47. The highest BCUT2D eigenvalue weighted by molar-refractivity contribution is 7.17. The summed E-state index contributed by atoms with van der Waals surface area (Å²) in [5.74, 6) is 0.869. The van der Waals surface area contributed by atoms with Gasteiger partial charge in [-0.1, -0.05) is 11.6 Å². The SMILES string of the molecule is CN(C)CCNc1nc(-c2ccc(NC(=O)Nc3ccc(F)c(Cl)c3)cc2)nc2ccsc12. The van der Waals surface area contributed by atoms with Gasteiger partial charge in [-0.3, -0.25) is 0 Å². The molecule has 33 heavy (non-hydrogen) atoms. The molecule has 7 nitrogen and oxygen atoms in total. The van der Waals surface area contributed by atoms with Crippen LogP contribution in [0.15, 0.2) is 53.9 Å². The van der Waals surface area contributed by atoms with E-state index in [1.807, 2.05) is 37.7 Å². The summed E-state index contributed by atoms with van der Waals surface area (Å²) in [4.78, 5) is 23.8. The van der Waals surface area contributed by atoms with E-state index in [4.69, 9.17) is 16.6 Å². The maximum absolute atomic E-state index is 13.3. The number of thiophene rings is 1. The molecule has 0 saturated carbocycles. The van der Waals surface area contributed by atoms with Crippen LogP contribution in [0.1, 0.15) is 0 Å². The van der Waals surface area contributed by atoms with E-state index in [9.17, 15) is 9.18 Å². The normalized spacial score (nSPS) is 11.1. The third kappa shape index (κ3) is 5.75. The zero-order valence-corrected chi connectivity index (χ0v) is 19.6. The number of hydrogen-bond acceptors (Lipinski definition) is 6. The van der Waals surface area contributed by atoms with Crippen molar-refractivity contribution in [2.45, 2.75) is 0 Å². The van der Waals surface area contributed by atoms with Crippen molar-refractivity contribution in [3.63, 3.8) is 0 Å². The van der Waals surface area contributed by atoms with Crippen molar-refractivity contribution in [3.8, 4) is 11.4 Å². The first-order valence-corrected chi connectivity index (χ1v) is 11.4. The zero-order valence-electron chi connectivity index (χ0n) is 18.0. The molecule has 0 unspecified atom stereocenters. The van der Waals surface area contributed by atoms with Gasteiger partial charge in [-0.25, -0.2) is 19.2 Å². The molecule has 0 fully saturated rings. The van der Waals surface area contributed by atoms with Crippen LogP contribution in [0.2, 0.25) is 5.02 Å². The van der Waals surface area contributed by atoms with Gasteiger partial charge in [0.1, 0.15) is 11.6 Å². The predicted octanol–water partition coefficient (Wildman–Crippen LogP) is 5.77. The molecule has 0 aliphatic carbocycles. The van der Waals surface area contributed by atoms with Crippen LogP contribution < -0.4 is 16.0 Å². The number of carbonyl (C=O) groups is 1. The molecular formula is C23H22ClFN6OS. The van der Waals surface area contributed by atoms with Crippen molar-refractivity contribution < 1.29 is 9.18 Å². The van der Waals surface area contributed by atoms with Gasteiger partial charge in [-0.15, -0.1) is 11.3 Å². The summed E-state index contributed by atoms with van der Waals surface area (Å²) in [7, 11) is 4.05. The Morgan fingerprint density at radius 3 is 2.52 bits per heavy atom. The highest BCUT2D eigenvalue weighted by atomic mass is 35.5. The highest BCUT2D eigenvalue weighted by Gasteiger charge is 2.11. The minimum Gasteiger partial charge on any atom is -0.367 e. The van der Waals surface area contributed by atoms with Crippen molar-refractivity contribution >= 4 is 56.4 Å². The first kappa shape index (κ1) is 22.9. The van der Waals surface area contributed by atoms with Crippen LogP contribution in [-0.2, 0) is 0 Å². The van der Waals surface area contributed by atoms with E-state index >= 15 is 0 Å². The Labute approximate surface area is 199 Å². The minimum atomic E-state index is -0.544. The van der Waals surface area contributed by atoms with E-state index in [0.717, 1.165) is 34.7 Å². The van der Waals surface area contributed by atoms with Gasteiger partial charge in [0.15, 0.2) is 5.82 Å². The number of urea groups is 1. The first-order valence-electron chi connectivity index (χ1n) is 10.2. The maximum atomic E-state index is 13.3. The largest absolute Gasteiger partial charge is 0.367 e. The quantitative estimate of drug-likeness (QED) is 0.310. The van der Waals surface area contributed by atoms with Crippen molar-refractivity contribution in [3.05, 3.63) is 64.8 Å². The van der Waals surface area contributed by atoms with Crippen molar-refractivity contribution in [1.82, 2.24) is 14.9 Å². The summed E-state index contributed by atoms with van der Waals surface area (Å²) in [5, 5.41) is 10.7. The summed E-state index contributed by atoms with van der Waals surface area (Å²) in [6, 6.07) is 12.7. The molecule has 4 rings (SSSR count). The molecular weight excluding hydrogens is 463 g/mol. The van der Waals surface area contributed by atoms with E-state index in [1.165, 1.54) is 18.2 Å². The lowest BCUT2D eigenvalue weighted by Gasteiger charge is -2.12. The molecule has 0 radical (unpaired) electrons. The van der Waals surface area contributed by atoms with Gasteiger partial charge < -0.3 is 20.9 Å². The molecule has 10 heteroatoms. The van der Waals surface area contributed by atoms with Crippen LogP contribution in [0.4, 0.5) is 26.4 Å². The molecule has 2 heterocycles. The van der Waals surface area contributed by atoms with Gasteiger partial charge in [0.2, 0.25) is 0 Å². The number of aromatic nitrogens is 2. The number of benzene rings is 2. The Morgan fingerprint density at radius 2 is 1.79 bits per heavy atom. The fourth-order valence-electron chi connectivity index (χ4n) is 3.08. The van der Waals surface area contributed by atoms with Crippen LogP contribution in [0.25, 0.3) is 21.6 Å². The number of halogens is 2. The monoisotopic (exact) mass is 484 g/mol. The standard InChI is InChI=1S/C23H22ClFN6OS/c1-31(2)11-10-26-22-20-19(9-12-33-20)29-21(30-22)14-3-5-15(6-4-14)27-23(32)28-16-7-8-18(25)17(24)13-16/h3-9,12-13H,10-11H2,1-2H3,(H,26,29,30)(H2,27,28,32). The van der Waals surface area contributed by atoms with E-state index in [0.29, 0.717) is 17.2 Å². The average molecular weight is 485 g/mol. The molecule has 170 valence electrons.